The van der Waals surface area contributed by atoms with Crippen molar-refractivity contribution in [2.45, 2.75) is 52.6 Å². The molecule has 1 aromatic carbocycles. The Bertz CT molecular complexity index is 605. The molecule has 0 bridgehead atoms. The highest BCUT2D eigenvalue weighted by Gasteiger charge is 2.40. The summed E-state index contributed by atoms with van der Waals surface area (Å²) in [4.78, 5) is 25.1. The maximum absolute atomic E-state index is 12.6. The third-order valence-corrected chi connectivity index (χ3v) is 5.54. The predicted octanol–water partition coefficient (Wildman–Crippen LogP) is 4.05. The van der Waals surface area contributed by atoms with Gasteiger partial charge in [0.2, 0.25) is 0 Å². The lowest BCUT2D eigenvalue weighted by molar-refractivity contribution is -0.158. The number of fused-ring (bicyclic) bond motifs is 1. The molecule has 2 aliphatic rings. The van der Waals surface area contributed by atoms with Crippen molar-refractivity contribution in [1.82, 2.24) is 0 Å². The van der Waals surface area contributed by atoms with Gasteiger partial charge in [0.15, 0.2) is 5.78 Å². The first-order chi connectivity index (χ1) is 11.0. The third-order valence-electron chi connectivity index (χ3n) is 5.54. The molecule has 0 saturated heterocycles. The average molecular weight is 314 g/mol. The molecule has 1 saturated carbocycles. The minimum atomic E-state index is -0.641. The van der Waals surface area contributed by atoms with Crippen molar-refractivity contribution in [1.29, 1.82) is 0 Å². The fourth-order valence-electron chi connectivity index (χ4n) is 4.11. The zero-order valence-electron chi connectivity index (χ0n) is 14.2. The van der Waals surface area contributed by atoms with Gasteiger partial charge >= 0.3 is 5.97 Å². The van der Waals surface area contributed by atoms with Crippen molar-refractivity contribution in [2.24, 2.45) is 23.7 Å². The predicted molar refractivity (Wildman–Crippen MR) is 89.2 cm³/mol. The van der Waals surface area contributed by atoms with Gasteiger partial charge in [-0.3, -0.25) is 9.59 Å². The largest absolute Gasteiger partial charge is 0.461 e. The zero-order valence-corrected chi connectivity index (χ0v) is 14.2. The molecule has 0 aliphatic heterocycles. The number of Topliss-reactive ketones (excluding diaryl/α,β-unsaturated/α-hetero) is 1. The van der Waals surface area contributed by atoms with Crippen LogP contribution in [-0.4, -0.2) is 17.9 Å². The van der Waals surface area contributed by atoms with E-state index in [1.807, 2.05) is 24.3 Å². The van der Waals surface area contributed by atoms with E-state index in [4.69, 9.17) is 4.74 Å². The summed E-state index contributed by atoms with van der Waals surface area (Å²) in [5.41, 5.74) is 1.66. The van der Waals surface area contributed by atoms with Gasteiger partial charge in [0.05, 0.1) is 0 Å². The molecule has 4 unspecified atom stereocenters. The van der Waals surface area contributed by atoms with E-state index in [1.165, 1.54) is 6.42 Å². The summed E-state index contributed by atoms with van der Waals surface area (Å²) >= 11 is 0. The summed E-state index contributed by atoms with van der Waals surface area (Å²) in [6, 6.07) is 7.50. The molecule has 0 N–H and O–H groups in total. The van der Waals surface area contributed by atoms with E-state index in [1.54, 1.807) is 0 Å². The van der Waals surface area contributed by atoms with Crippen LogP contribution in [-0.2, 0) is 16.0 Å². The Balaban J connectivity index is 1.70. The number of ether oxygens (including phenoxy) is 1. The topological polar surface area (TPSA) is 43.4 Å². The highest BCUT2D eigenvalue weighted by Crippen LogP contribution is 2.36. The molecule has 1 aromatic rings. The molecular weight excluding hydrogens is 288 g/mol. The summed E-state index contributed by atoms with van der Waals surface area (Å²) < 4.78 is 5.86. The van der Waals surface area contributed by atoms with Crippen molar-refractivity contribution in [2.75, 3.05) is 0 Å². The fourth-order valence-corrected chi connectivity index (χ4v) is 4.11. The summed E-state index contributed by atoms with van der Waals surface area (Å²) in [6.45, 7) is 6.60. The Morgan fingerprint density at radius 3 is 2.65 bits per heavy atom. The molecular formula is C20H26O3. The Morgan fingerprint density at radius 2 is 1.96 bits per heavy atom. The molecule has 3 nitrogen and oxygen atoms in total. The zero-order chi connectivity index (χ0) is 16.6. The molecule has 0 spiro atoms. The van der Waals surface area contributed by atoms with Crippen LogP contribution >= 0.6 is 0 Å². The second-order valence-corrected chi connectivity index (χ2v) is 7.58. The van der Waals surface area contributed by atoms with E-state index < -0.39 is 5.92 Å². The lowest BCUT2D eigenvalue weighted by Crippen LogP contribution is -2.38. The van der Waals surface area contributed by atoms with Crippen molar-refractivity contribution >= 4 is 11.8 Å². The number of rotatable bonds is 3. The number of hydrogen-bond donors (Lipinski definition) is 0. The molecule has 0 amide bonds. The average Bonchev–Trinajstić information content (AvgIpc) is 2.85. The van der Waals surface area contributed by atoms with Gasteiger partial charge in [0, 0.05) is 5.56 Å². The second kappa shape index (κ2) is 6.46. The van der Waals surface area contributed by atoms with Crippen LogP contribution in [0.1, 0.15) is 56.0 Å². The van der Waals surface area contributed by atoms with Crippen LogP contribution in [0.15, 0.2) is 24.3 Å². The van der Waals surface area contributed by atoms with Crippen LogP contribution in [0.25, 0.3) is 0 Å². The summed E-state index contributed by atoms with van der Waals surface area (Å²) in [6.07, 6.45) is 3.67. The van der Waals surface area contributed by atoms with Crippen LogP contribution in [0.5, 0.6) is 0 Å². The monoisotopic (exact) mass is 314 g/mol. The van der Waals surface area contributed by atoms with Gasteiger partial charge in [0.25, 0.3) is 0 Å². The highest BCUT2D eigenvalue weighted by molar-refractivity contribution is 6.12. The van der Waals surface area contributed by atoms with Crippen LogP contribution in [0.3, 0.4) is 0 Å². The van der Waals surface area contributed by atoms with Gasteiger partial charge < -0.3 is 4.74 Å². The minimum absolute atomic E-state index is 0.0391. The van der Waals surface area contributed by atoms with Crippen molar-refractivity contribution in [3.8, 4) is 0 Å². The summed E-state index contributed by atoms with van der Waals surface area (Å²) in [5, 5.41) is 0. The van der Waals surface area contributed by atoms with Gasteiger partial charge in [-0.1, -0.05) is 51.5 Å². The smallest absolute Gasteiger partial charge is 0.317 e. The molecule has 0 aromatic heterocycles. The summed E-state index contributed by atoms with van der Waals surface area (Å²) in [7, 11) is 0. The Kier molecular flexibility index (Phi) is 4.56. The van der Waals surface area contributed by atoms with Crippen LogP contribution < -0.4 is 0 Å². The van der Waals surface area contributed by atoms with Gasteiger partial charge in [0.1, 0.15) is 12.0 Å². The maximum Gasteiger partial charge on any atom is 0.317 e. The van der Waals surface area contributed by atoms with E-state index >= 15 is 0 Å². The molecule has 3 rings (SSSR count). The maximum atomic E-state index is 12.6. The Morgan fingerprint density at radius 1 is 1.22 bits per heavy atom. The van der Waals surface area contributed by atoms with Gasteiger partial charge in [-0.2, -0.15) is 0 Å². The van der Waals surface area contributed by atoms with E-state index in [-0.39, 0.29) is 17.9 Å². The van der Waals surface area contributed by atoms with Crippen molar-refractivity contribution < 1.29 is 14.3 Å². The quantitative estimate of drug-likeness (QED) is 0.624. The first-order valence-corrected chi connectivity index (χ1v) is 8.80. The molecule has 2 aliphatic carbocycles. The van der Waals surface area contributed by atoms with E-state index in [9.17, 15) is 9.59 Å². The van der Waals surface area contributed by atoms with Crippen molar-refractivity contribution in [3.05, 3.63) is 35.4 Å². The number of carbonyl (C=O) groups is 2. The summed E-state index contributed by atoms with van der Waals surface area (Å²) in [5.74, 6) is 0.453. The van der Waals surface area contributed by atoms with Gasteiger partial charge in [-0.15, -0.1) is 0 Å². The van der Waals surface area contributed by atoms with Crippen LogP contribution in [0, 0.1) is 23.7 Å². The lowest BCUT2D eigenvalue weighted by Gasteiger charge is -2.37. The molecule has 3 heteroatoms. The van der Waals surface area contributed by atoms with Gasteiger partial charge in [-0.05, 0) is 42.6 Å². The van der Waals surface area contributed by atoms with E-state index in [0.717, 1.165) is 18.4 Å². The molecule has 124 valence electrons. The van der Waals surface area contributed by atoms with E-state index in [2.05, 4.69) is 20.8 Å². The number of benzene rings is 1. The normalized spacial score (nSPS) is 30.3. The molecule has 0 radical (unpaired) electrons. The molecule has 1 fully saturated rings. The number of ketones is 1. The molecule has 0 heterocycles. The first kappa shape index (κ1) is 16.2. The second-order valence-electron chi connectivity index (χ2n) is 7.58. The van der Waals surface area contributed by atoms with Gasteiger partial charge in [-0.25, -0.2) is 0 Å². The lowest BCUT2D eigenvalue weighted by atomic mass is 9.75. The third kappa shape index (κ3) is 3.19. The fraction of sp³-hybridized carbons (Fsp3) is 0.600. The minimum Gasteiger partial charge on any atom is -0.461 e. The molecule has 4 atom stereocenters. The SMILES string of the molecule is CC1CCC(C(C)C)C(OC(=O)C2Cc3ccccc3C2=O)C1. The Labute approximate surface area is 138 Å². The van der Waals surface area contributed by atoms with Crippen LogP contribution in [0.2, 0.25) is 0 Å². The van der Waals surface area contributed by atoms with E-state index in [0.29, 0.717) is 29.7 Å². The highest BCUT2D eigenvalue weighted by atomic mass is 16.5. The number of esters is 1. The number of hydrogen-bond acceptors (Lipinski definition) is 3. The van der Waals surface area contributed by atoms with Crippen LogP contribution in [0.4, 0.5) is 0 Å². The Hall–Kier alpha value is -1.64. The standard InChI is InChI=1S/C20H26O3/c1-12(2)15-9-8-13(3)10-18(15)23-20(22)17-11-14-6-4-5-7-16(14)19(17)21/h4-7,12-13,15,17-18H,8-11H2,1-3H3. The molecule has 23 heavy (non-hydrogen) atoms. The first-order valence-electron chi connectivity index (χ1n) is 8.80. The van der Waals surface area contributed by atoms with Crippen molar-refractivity contribution in [3.63, 3.8) is 0 Å². The number of carbonyl (C=O) groups excluding carboxylic acids is 2.